The van der Waals surface area contributed by atoms with E-state index < -0.39 is 6.10 Å². The number of nitrogens with one attached hydrogen (secondary N) is 2. The number of nitrogens with zero attached hydrogens (tertiary/aromatic N) is 1. The molecule has 2 N–H and O–H groups in total. The molecule has 1 aromatic rings. The van der Waals surface area contributed by atoms with E-state index in [0.29, 0.717) is 13.0 Å². The molecule has 0 unspecified atom stereocenters. The summed E-state index contributed by atoms with van der Waals surface area (Å²) >= 11 is 0. The zero-order valence-electron chi connectivity index (χ0n) is 12.2. The maximum Gasteiger partial charge on any atom is 0.264 e. The quantitative estimate of drug-likeness (QED) is 0.839. The van der Waals surface area contributed by atoms with Gasteiger partial charge in [0.05, 0.1) is 12.3 Å². The van der Waals surface area contributed by atoms with Crippen LogP contribution < -0.4 is 10.6 Å². The fraction of sp³-hybridized carbons (Fsp3) is 0.400. The second kappa shape index (κ2) is 6.88. The Morgan fingerprint density at radius 2 is 2.00 bits per heavy atom. The third kappa shape index (κ3) is 4.05. The van der Waals surface area contributed by atoms with Crippen molar-refractivity contribution in [3.63, 3.8) is 0 Å². The Morgan fingerprint density at radius 3 is 2.67 bits per heavy atom. The molecule has 6 nitrogen and oxygen atoms in total. The van der Waals surface area contributed by atoms with Gasteiger partial charge in [0, 0.05) is 13.0 Å². The Kier molecular flexibility index (Phi) is 4.92. The summed E-state index contributed by atoms with van der Waals surface area (Å²) in [5, 5.41) is 9.11. The molecule has 1 atom stereocenters. The van der Waals surface area contributed by atoms with Gasteiger partial charge in [0.2, 0.25) is 12.0 Å². The van der Waals surface area contributed by atoms with Crippen molar-refractivity contribution in [3.8, 4) is 0 Å². The van der Waals surface area contributed by atoms with E-state index in [-0.39, 0.29) is 18.4 Å². The van der Waals surface area contributed by atoms with Crippen LogP contribution in [-0.4, -0.2) is 36.7 Å². The third-order valence-electron chi connectivity index (χ3n) is 3.14. The Bertz CT molecular complexity index is 552. The Morgan fingerprint density at radius 1 is 1.29 bits per heavy atom. The number of oxime groups is 1. The molecule has 112 valence electrons. The van der Waals surface area contributed by atoms with Crippen molar-refractivity contribution in [1.29, 1.82) is 0 Å². The van der Waals surface area contributed by atoms with Gasteiger partial charge in [-0.3, -0.25) is 9.59 Å². The van der Waals surface area contributed by atoms with Crippen molar-refractivity contribution in [2.45, 2.75) is 26.4 Å². The highest BCUT2D eigenvalue weighted by atomic mass is 16.6. The molecule has 2 rings (SSSR count). The van der Waals surface area contributed by atoms with Crippen LogP contribution >= 0.6 is 0 Å². The van der Waals surface area contributed by atoms with Crippen LogP contribution in [0.15, 0.2) is 29.4 Å². The normalized spacial score (nSPS) is 16.9. The van der Waals surface area contributed by atoms with Crippen molar-refractivity contribution < 1.29 is 14.4 Å². The minimum Gasteiger partial charge on any atom is -0.382 e. The van der Waals surface area contributed by atoms with E-state index in [1.165, 1.54) is 0 Å². The fourth-order valence-corrected chi connectivity index (χ4v) is 1.98. The van der Waals surface area contributed by atoms with E-state index in [4.69, 9.17) is 4.84 Å². The van der Waals surface area contributed by atoms with Gasteiger partial charge in [-0.1, -0.05) is 35.0 Å². The Labute approximate surface area is 123 Å². The summed E-state index contributed by atoms with van der Waals surface area (Å²) < 4.78 is 0. The number of benzene rings is 1. The van der Waals surface area contributed by atoms with E-state index in [0.717, 1.165) is 16.8 Å². The first-order valence-electron chi connectivity index (χ1n) is 6.94. The summed E-state index contributed by atoms with van der Waals surface area (Å²) in [6.45, 7) is 4.32. The van der Waals surface area contributed by atoms with Crippen molar-refractivity contribution >= 4 is 17.5 Å². The highest BCUT2D eigenvalue weighted by Crippen LogP contribution is 2.17. The van der Waals surface area contributed by atoms with Gasteiger partial charge in [-0.25, -0.2) is 0 Å². The van der Waals surface area contributed by atoms with Crippen LogP contribution in [-0.2, 0) is 14.4 Å². The highest BCUT2D eigenvalue weighted by molar-refractivity contribution is 6.04. The van der Waals surface area contributed by atoms with Gasteiger partial charge >= 0.3 is 0 Å². The smallest absolute Gasteiger partial charge is 0.264 e. The summed E-state index contributed by atoms with van der Waals surface area (Å²) in [7, 11) is 0. The number of hydrogen-bond acceptors (Lipinski definition) is 4. The van der Waals surface area contributed by atoms with Gasteiger partial charge in [0.25, 0.3) is 5.91 Å². The first-order valence-corrected chi connectivity index (χ1v) is 6.94. The molecular weight excluding hydrogens is 270 g/mol. The minimum atomic E-state index is -0.671. The summed E-state index contributed by atoms with van der Waals surface area (Å²) in [4.78, 5) is 28.3. The van der Waals surface area contributed by atoms with E-state index in [9.17, 15) is 9.59 Å². The number of carbonyl (C=O) groups excluding carboxylic acids is 2. The van der Waals surface area contributed by atoms with Crippen molar-refractivity contribution in [3.05, 3.63) is 35.4 Å². The molecule has 0 bridgehead atoms. The van der Waals surface area contributed by atoms with E-state index in [2.05, 4.69) is 15.8 Å². The van der Waals surface area contributed by atoms with Crippen molar-refractivity contribution in [1.82, 2.24) is 10.6 Å². The molecule has 0 aliphatic carbocycles. The molecular formula is C15H19N3O3. The first kappa shape index (κ1) is 15.0. The molecule has 1 heterocycles. The minimum absolute atomic E-state index is 0.0492. The van der Waals surface area contributed by atoms with Crippen molar-refractivity contribution in [2.75, 3.05) is 13.1 Å². The monoisotopic (exact) mass is 289 g/mol. The lowest BCUT2D eigenvalue weighted by Crippen LogP contribution is -2.41. The SMILES string of the molecule is CCNC(=O)CNC(=O)[C@H]1CC(c2ccc(C)cc2)=NO1. The van der Waals surface area contributed by atoms with Gasteiger partial charge in [-0.15, -0.1) is 0 Å². The predicted molar refractivity (Wildman–Crippen MR) is 78.9 cm³/mol. The molecule has 0 aromatic heterocycles. The molecule has 1 aliphatic heterocycles. The molecule has 0 radical (unpaired) electrons. The average molecular weight is 289 g/mol. The summed E-state index contributed by atoms with van der Waals surface area (Å²) in [6.07, 6.45) is -0.264. The maximum absolute atomic E-state index is 11.9. The molecule has 6 heteroatoms. The average Bonchev–Trinajstić information content (AvgIpc) is 2.96. The van der Waals surface area contributed by atoms with Crippen LogP contribution in [0.4, 0.5) is 0 Å². The lowest BCUT2D eigenvalue weighted by atomic mass is 10.0. The standard InChI is InChI=1S/C15H19N3O3/c1-3-16-14(19)9-17-15(20)13-8-12(18-21-13)11-6-4-10(2)5-7-11/h4-7,13H,3,8-9H2,1-2H3,(H,16,19)(H,17,20)/t13-/m1/s1. The zero-order valence-corrected chi connectivity index (χ0v) is 12.2. The fourth-order valence-electron chi connectivity index (χ4n) is 1.98. The van der Waals surface area contributed by atoms with Gasteiger partial charge in [-0.05, 0) is 19.4 Å². The predicted octanol–water partition coefficient (Wildman–Crippen LogP) is 0.740. The largest absolute Gasteiger partial charge is 0.382 e. The molecule has 21 heavy (non-hydrogen) atoms. The number of likely N-dealkylation sites (N-methyl/N-ethyl adjacent to an activating group) is 1. The number of rotatable bonds is 5. The van der Waals surface area contributed by atoms with Crippen LogP contribution in [0.25, 0.3) is 0 Å². The number of carbonyl (C=O) groups is 2. The zero-order chi connectivity index (χ0) is 15.2. The number of aryl methyl sites for hydroxylation is 1. The number of amides is 2. The third-order valence-corrected chi connectivity index (χ3v) is 3.14. The van der Waals surface area contributed by atoms with Gasteiger partial charge in [0.15, 0.2) is 0 Å². The highest BCUT2D eigenvalue weighted by Gasteiger charge is 2.28. The van der Waals surface area contributed by atoms with Gasteiger partial charge in [0.1, 0.15) is 0 Å². The Hall–Kier alpha value is -2.37. The van der Waals surface area contributed by atoms with Gasteiger partial charge < -0.3 is 15.5 Å². The molecule has 1 aliphatic rings. The lowest BCUT2D eigenvalue weighted by molar-refractivity contribution is -0.133. The maximum atomic E-state index is 11.9. The van der Waals surface area contributed by atoms with Crippen molar-refractivity contribution in [2.24, 2.45) is 5.16 Å². The summed E-state index contributed by atoms with van der Waals surface area (Å²) in [5.41, 5.74) is 2.85. The lowest BCUT2D eigenvalue weighted by Gasteiger charge is -2.09. The first-order chi connectivity index (χ1) is 10.1. The van der Waals surface area contributed by atoms with Crippen LogP contribution in [0.3, 0.4) is 0 Å². The van der Waals surface area contributed by atoms with E-state index >= 15 is 0 Å². The Balaban J connectivity index is 1.85. The van der Waals surface area contributed by atoms with E-state index in [1.54, 1.807) is 0 Å². The summed E-state index contributed by atoms with van der Waals surface area (Å²) in [6, 6.07) is 7.87. The topological polar surface area (TPSA) is 79.8 Å². The second-order valence-corrected chi connectivity index (χ2v) is 4.87. The van der Waals surface area contributed by atoms with Crippen LogP contribution in [0.1, 0.15) is 24.5 Å². The molecule has 1 aromatic carbocycles. The number of hydrogen-bond donors (Lipinski definition) is 2. The molecule has 0 spiro atoms. The second-order valence-electron chi connectivity index (χ2n) is 4.87. The van der Waals surface area contributed by atoms with Crippen LogP contribution in [0, 0.1) is 6.92 Å². The summed E-state index contributed by atoms with van der Waals surface area (Å²) in [5.74, 6) is -0.546. The van der Waals surface area contributed by atoms with Crippen LogP contribution in [0.5, 0.6) is 0 Å². The molecule has 0 saturated heterocycles. The van der Waals surface area contributed by atoms with E-state index in [1.807, 2.05) is 38.1 Å². The molecule has 0 fully saturated rings. The van der Waals surface area contributed by atoms with Crippen LogP contribution in [0.2, 0.25) is 0 Å². The molecule has 2 amide bonds. The van der Waals surface area contributed by atoms with Gasteiger partial charge in [-0.2, -0.15) is 0 Å². The molecule has 0 saturated carbocycles.